The quantitative estimate of drug-likeness (QED) is 0.729. The summed E-state index contributed by atoms with van der Waals surface area (Å²) < 4.78 is 37.6. The molecule has 21 heavy (non-hydrogen) atoms. The molecule has 1 aromatic rings. The average Bonchev–Trinajstić information content (AvgIpc) is 2.96. The summed E-state index contributed by atoms with van der Waals surface area (Å²) in [5, 5.41) is 2.90. The molecule has 0 aliphatic carbocycles. The Morgan fingerprint density at radius 2 is 2.14 bits per heavy atom. The van der Waals surface area contributed by atoms with Gasteiger partial charge in [-0.1, -0.05) is 0 Å². The first-order chi connectivity index (χ1) is 10.0. The van der Waals surface area contributed by atoms with Crippen LogP contribution >= 0.6 is 0 Å². The first kappa shape index (κ1) is 16.1. The Labute approximate surface area is 124 Å². The SMILES string of the molecule is CCNc1ncc(S(=O)(=O)NCC2(OC)CCOC2)cn1. The van der Waals surface area contributed by atoms with Gasteiger partial charge >= 0.3 is 0 Å². The largest absolute Gasteiger partial charge is 0.378 e. The van der Waals surface area contributed by atoms with Crippen molar-refractivity contribution in [3.63, 3.8) is 0 Å². The predicted octanol–water partition coefficient (Wildman–Crippen LogP) is -0.00780. The van der Waals surface area contributed by atoms with Crippen molar-refractivity contribution >= 4 is 16.0 Å². The summed E-state index contributed by atoms with van der Waals surface area (Å²) in [6, 6.07) is 0. The number of methoxy groups -OCH3 is 1. The Balaban J connectivity index is 2.04. The number of rotatable bonds is 7. The van der Waals surface area contributed by atoms with Gasteiger partial charge < -0.3 is 14.8 Å². The molecule has 1 unspecified atom stereocenters. The van der Waals surface area contributed by atoms with Crippen molar-refractivity contribution in [1.29, 1.82) is 0 Å². The predicted molar refractivity (Wildman–Crippen MR) is 76.6 cm³/mol. The van der Waals surface area contributed by atoms with Crippen molar-refractivity contribution in [2.45, 2.75) is 23.8 Å². The van der Waals surface area contributed by atoms with Gasteiger partial charge in [-0.2, -0.15) is 0 Å². The molecule has 0 spiro atoms. The fourth-order valence-electron chi connectivity index (χ4n) is 1.98. The molecule has 1 fully saturated rings. The molecular weight excluding hydrogens is 296 g/mol. The number of aromatic nitrogens is 2. The molecule has 2 N–H and O–H groups in total. The van der Waals surface area contributed by atoms with E-state index in [1.54, 1.807) is 7.11 Å². The highest BCUT2D eigenvalue weighted by molar-refractivity contribution is 7.89. The lowest BCUT2D eigenvalue weighted by Gasteiger charge is -2.25. The number of sulfonamides is 1. The first-order valence-electron chi connectivity index (χ1n) is 6.70. The second-order valence-corrected chi connectivity index (χ2v) is 6.55. The lowest BCUT2D eigenvalue weighted by atomic mass is 10.0. The van der Waals surface area contributed by atoms with Crippen molar-refractivity contribution in [1.82, 2.24) is 14.7 Å². The van der Waals surface area contributed by atoms with Crippen molar-refractivity contribution in [2.75, 3.05) is 38.7 Å². The minimum atomic E-state index is -3.67. The van der Waals surface area contributed by atoms with Crippen LogP contribution in [-0.2, 0) is 19.5 Å². The van der Waals surface area contributed by atoms with E-state index in [9.17, 15) is 8.42 Å². The van der Waals surface area contributed by atoms with Gasteiger partial charge in [0.1, 0.15) is 10.5 Å². The van der Waals surface area contributed by atoms with E-state index in [-0.39, 0.29) is 11.4 Å². The van der Waals surface area contributed by atoms with Crippen LogP contribution in [0.3, 0.4) is 0 Å². The van der Waals surface area contributed by atoms with Gasteiger partial charge in [0.2, 0.25) is 16.0 Å². The third kappa shape index (κ3) is 3.88. The zero-order chi connectivity index (χ0) is 15.3. The van der Waals surface area contributed by atoms with Gasteiger partial charge in [0.15, 0.2) is 0 Å². The highest BCUT2D eigenvalue weighted by atomic mass is 32.2. The number of nitrogens with zero attached hydrogens (tertiary/aromatic N) is 2. The summed E-state index contributed by atoms with van der Waals surface area (Å²) in [6.07, 6.45) is 3.21. The Kier molecular flexibility index (Phi) is 5.09. The molecule has 2 rings (SSSR count). The van der Waals surface area contributed by atoms with Crippen LogP contribution in [0, 0.1) is 0 Å². The molecule has 118 valence electrons. The van der Waals surface area contributed by atoms with Gasteiger partial charge in [-0.15, -0.1) is 0 Å². The fraction of sp³-hybridized carbons (Fsp3) is 0.667. The van der Waals surface area contributed by atoms with Gasteiger partial charge in [-0.3, -0.25) is 0 Å². The van der Waals surface area contributed by atoms with E-state index in [4.69, 9.17) is 9.47 Å². The average molecular weight is 316 g/mol. The summed E-state index contributed by atoms with van der Waals surface area (Å²) in [6.45, 7) is 3.67. The van der Waals surface area contributed by atoms with Crippen molar-refractivity contribution in [2.24, 2.45) is 0 Å². The maximum absolute atomic E-state index is 12.2. The third-order valence-electron chi connectivity index (χ3n) is 3.36. The monoisotopic (exact) mass is 316 g/mol. The summed E-state index contributed by atoms with van der Waals surface area (Å²) in [5.74, 6) is 0.397. The van der Waals surface area contributed by atoms with E-state index in [1.807, 2.05) is 6.92 Å². The molecule has 8 nitrogen and oxygen atoms in total. The summed E-state index contributed by atoms with van der Waals surface area (Å²) in [5.41, 5.74) is -0.600. The molecule has 0 radical (unpaired) electrons. The topological polar surface area (TPSA) is 102 Å². The first-order valence-corrected chi connectivity index (χ1v) is 8.18. The molecule has 1 atom stereocenters. The minimum absolute atomic E-state index is 0.0225. The maximum Gasteiger partial charge on any atom is 0.243 e. The van der Waals surface area contributed by atoms with Gasteiger partial charge in [0.05, 0.1) is 19.0 Å². The number of hydrogen-bond acceptors (Lipinski definition) is 7. The van der Waals surface area contributed by atoms with Crippen LogP contribution in [0.2, 0.25) is 0 Å². The van der Waals surface area contributed by atoms with Crippen molar-refractivity contribution in [3.05, 3.63) is 12.4 Å². The molecule has 0 amide bonds. The molecule has 0 saturated carbocycles. The smallest absolute Gasteiger partial charge is 0.243 e. The Hall–Kier alpha value is -1.29. The van der Waals surface area contributed by atoms with Crippen molar-refractivity contribution < 1.29 is 17.9 Å². The lowest BCUT2D eigenvalue weighted by Crippen LogP contribution is -2.44. The van der Waals surface area contributed by atoms with Crippen LogP contribution < -0.4 is 10.0 Å². The molecule has 9 heteroatoms. The zero-order valence-electron chi connectivity index (χ0n) is 12.1. The third-order valence-corrected chi connectivity index (χ3v) is 4.71. The highest BCUT2D eigenvalue weighted by Gasteiger charge is 2.36. The Morgan fingerprint density at radius 3 is 2.67 bits per heavy atom. The van der Waals surface area contributed by atoms with E-state index >= 15 is 0 Å². The Bertz CT molecular complexity index is 555. The van der Waals surface area contributed by atoms with Crippen LogP contribution in [0.25, 0.3) is 0 Å². The fourth-order valence-corrected chi connectivity index (χ4v) is 2.98. The van der Waals surface area contributed by atoms with Gasteiger partial charge in [0.25, 0.3) is 0 Å². The summed E-state index contributed by atoms with van der Waals surface area (Å²) >= 11 is 0. The van der Waals surface area contributed by atoms with Crippen LogP contribution in [0.4, 0.5) is 5.95 Å². The summed E-state index contributed by atoms with van der Waals surface area (Å²) in [7, 11) is -2.11. The second-order valence-electron chi connectivity index (χ2n) is 4.79. The molecule has 1 aliphatic heterocycles. The molecule has 1 aliphatic rings. The number of anilines is 1. The van der Waals surface area contributed by atoms with Crippen LogP contribution in [0.15, 0.2) is 17.3 Å². The van der Waals surface area contributed by atoms with Crippen LogP contribution in [0.1, 0.15) is 13.3 Å². The molecule has 1 aromatic heterocycles. The molecule has 0 aromatic carbocycles. The summed E-state index contributed by atoms with van der Waals surface area (Å²) in [4.78, 5) is 7.93. The van der Waals surface area contributed by atoms with Gasteiger partial charge in [-0.25, -0.2) is 23.1 Å². The van der Waals surface area contributed by atoms with E-state index < -0.39 is 15.6 Å². The zero-order valence-corrected chi connectivity index (χ0v) is 12.9. The second kappa shape index (κ2) is 6.65. The molecular formula is C12H20N4O4S. The highest BCUT2D eigenvalue weighted by Crippen LogP contribution is 2.22. The van der Waals surface area contributed by atoms with Crippen LogP contribution in [0.5, 0.6) is 0 Å². The molecule has 1 saturated heterocycles. The van der Waals surface area contributed by atoms with E-state index in [2.05, 4.69) is 20.0 Å². The van der Waals surface area contributed by atoms with Crippen molar-refractivity contribution in [3.8, 4) is 0 Å². The van der Waals surface area contributed by atoms with Crippen LogP contribution in [-0.4, -0.2) is 57.4 Å². The normalized spacial score (nSPS) is 22.4. The van der Waals surface area contributed by atoms with E-state index in [0.717, 1.165) is 0 Å². The van der Waals surface area contributed by atoms with Gasteiger partial charge in [-0.05, 0) is 6.92 Å². The van der Waals surface area contributed by atoms with E-state index in [1.165, 1.54) is 12.4 Å². The number of ether oxygens (including phenoxy) is 2. The molecule has 0 bridgehead atoms. The molecule has 2 heterocycles. The Morgan fingerprint density at radius 1 is 1.43 bits per heavy atom. The number of hydrogen-bond donors (Lipinski definition) is 2. The maximum atomic E-state index is 12.2. The standard InChI is InChI=1S/C12H20N4O4S/c1-3-13-11-14-6-10(7-15-11)21(17,18)16-8-12(19-2)4-5-20-9-12/h6-7,16H,3-5,8-9H2,1-2H3,(H,13,14,15). The lowest BCUT2D eigenvalue weighted by molar-refractivity contribution is -0.0120. The minimum Gasteiger partial charge on any atom is -0.378 e. The van der Waals surface area contributed by atoms with Gasteiger partial charge in [0, 0.05) is 33.2 Å². The number of nitrogens with one attached hydrogen (secondary N) is 2. The van der Waals surface area contributed by atoms with E-state index in [0.29, 0.717) is 32.1 Å².